The smallest absolute Gasteiger partial charge is 0.276 e. The number of aromatic nitrogens is 3. The van der Waals surface area contributed by atoms with Crippen LogP contribution in [0.2, 0.25) is 0 Å². The highest BCUT2D eigenvalue weighted by molar-refractivity contribution is 7.12. The topological polar surface area (TPSA) is 41.6 Å². The van der Waals surface area contributed by atoms with Gasteiger partial charge < -0.3 is 0 Å². The molecule has 0 aliphatic heterocycles. The zero-order valence-electron chi connectivity index (χ0n) is 20.4. The zero-order valence-corrected chi connectivity index (χ0v) is 21.3. The lowest BCUT2D eigenvalue weighted by Crippen LogP contribution is -2.06. The van der Waals surface area contributed by atoms with E-state index in [0.29, 0.717) is 11.4 Å². The van der Waals surface area contributed by atoms with E-state index in [1.165, 1.54) is 41.5 Å². The van der Waals surface area contributed by atoms with Crippen LogP contribution in [-0.4, -0.2) is 15.2 Å². The lowest BCUT2D eigenvalue weighted by atomic mass is 10.0. The molecule has 4 aromatic rings. The average molecular weight is 492 g/mol. The predicted molar refractivity (Wildman–Crippen MR) is 143 cm³/mol. The van der Waals surface area contributed by atoms with E-state index < -0.39 is 5.92 Å². The molecule has 3 nitrogen and oxygen atoms in total. The third kappa shape index (κ3) is 6.73. The van der Waals surface area contributed by atoms with Crippen molar-refractivity contribution in [3.05, 3.63) is 81.2 Å². The van der Waals surface area contributed by atoms with Gasteiger partial charge in [-0.1, -0.05) is 62.1 Å². The fraction of sp³-hybridized carbons (Fsp3) is 0.310. The molecule has 0 amide bonds. The predicted octanol–water partition coefficient (Wildman–Crippen LogP) is 8.91. The lowest BCUT2D eigenvalue weighted by molar-refractivity contribution is 0.0127. The summed E-state index contributed by atoms with van der Waals surface area (Å²) in [6.07, 6.45) is 10.3. The van der Waals surface area contributed by atoms with Crippen molar-refractivity contribution in [1.29, 1.82) is 0 Å². The first-order valence-corrected chi connectivity index (χ1v) is 12.9. The van der Waals surface area contributed by atoms with Crippen LogP contribution < -0.4 is 0 Å². The number of benzene rings is 1. The molecule has 3 heterocycles. The highest BCUT2D eigenvalue weighted by atomic mass is 32.1. The van der Waals surface area contributed by atoms with Gasteiger partial charge in [-0.15, -0.1) is 11.3 Å². The summed E-state index contributed by atoms with van der Waals surface area (Å²) in [4.78, 5) is 7.34. The minimum absolute atomic E-state index is 0.225. The lowest BCUT2D eigenvalue weighted by Gasteiger charge is -2.07. The monoisotopic (exact) mass is 491 g/mol. The van der Waals surface area contributed by atoms with Gasteiger partial charge in [0.05, 0.1) is 11.4 Å². The first-order valence-electron chi connectivity index (χ1n) is 12.1. The molecule has 35 heavy (non-hydrogen) atoms. The number of hydrogen-bond acceptors (Lipinski definition) is 3. The summed E-state index contributed by atoms with van der Waals surface area (Å²) in [5, 5.41) is 6.58. The molecule has 1 aromatic carbocycles. The Morgan fingerprint density at radius 3 is 2.40 bits per heavy atom. The number of aryl methyl sites for hydroxylation is 2. The van der Waals surface area contributed by atoms with Crippen molar-refractivity contribution in [3.63, 3.8) is 0 Å². The molecule has 0 saturated carbocycles. The third-order valence-electron chi connectivity index (χ3n) is 5.91. The van der Waals surface area contributed by atoms with Crippen LogP contribution in [0.1, 0.15) is 66.1 Å². The van der Waals surface area contributed by atoms with Crippen LogP contribution in [-0.2, 0) is 12.3 Å². The number of unbranched alkanes of at least 4 members (excludes halogenated alkanes) is 3. The Hall–Kier alpha value is -3.12. The van der Waals surface area contributed by atoms with E-state index in [1.54, 1.807) is 0 Å². The van der Waals surface area contributed by atoms with Crippen LogP contribution in [0.25, 0.3) is 34.8 Å². The second-order valence-electron chi connectivity index (χ2n) is 9.04. The number of alkyl halides is 2. The molecule has 0 unspecified atom stereocenters. The molecular weight excluding hydrogens is 460 g/mol. The number of aromatic amines is 1. The van der Waals surface area contributed by atoms with Gasteiger partial charge in [-0.05, 0) is 61.7 Å². The van der Waals surface area contributed by atoms with Crippen molar-refractivity contribution in [1.82, 2.24) is 15.2 Å². The van der Waals surface area contributed by atoms with Crippen molar-refractivity contribution in [3.8, 4) is 22.6 Å². The first kappa shape index (κ1) is 25.0. The molecular formula is C29H31F2N3S. The van der Waals surface area contributed by atoms with Crippen molar-refractivity contribution < 1.29 is 8.78 Å². The largest absolute Gasteiger partial charge is 0.286 e. The second kappa shape index (κ2) is 11.1. The van der Waals surface area contributed by atoms with E-state index in [-0.39, 0.29) is 5.69 Å². The van der Waals surface area contributed by atoms with Crippen molar-refractivity contribution >= 4 is 23.5 Å². The van der Waals surface area contributed by atoms with Gasteiger partial charge in [-0.2, -0.15) is 13.9 Å². The van der Waals surface area contributed by atoms with Crippen LogP contribution in [0.5, 0.6) is 0 Å². The van der Waals surface area contributed by atoms with Crippen LogP contribution in [0, 0.1) is 6.92 Å². The van der Waals surface area contributed by atoms with Gasteiger partial charge in [-0.3, -0.25) is 5.10 Å². The number of nitrogens with zero attached hydrogens (tertiary/aromatic N) is 2. The fourth-order valence-corrected chi connectivity index (χ4v) is 4.81. The summed E-state index contributed by atoms with van der Waals surface area (Å²) in [5.74, 6) is -2.99. The molecule has 0 bridgehead atoms. The Balaban J connectivity index is 1.63. The summed E-state index contributed by atoms with van der Waals surface area (Å²) in [7, 11) is 0. The summed E-state index contributed by atoms with van der Waals surface area (Å²) in [6, 6.07) is 17.8. The van der Waals surface area contributed by atoms with E-state index in [9.17, 15) is 8.78 Å². The van der Waals surface area contributed by atoms with E-state index in [1.807, 2.05) is 54.7 Å². The Labute approximate surface area is 210 Å². The summed E-state index contributed by atoms with van der Waals surface area (Å²) >= 11 is 1.82. The van der Waals surface area contributed by atoms with E-state index in [0.717, 1.165) is 35.7 Å². The molecule has 182 valence electrons. The summed E-state index contributed by atoms with van der Waals surface area (Å²) < 4.78 is 27.5. The number of hydrogen-bond donors (Lipinski definition) is 1. The minimum atomic E-state index is -2.99. The van der Waals surface area contributed by atoms with Gasteiger partial charge in [0.25, 0.3) is 5.92 Å². The second-order valence-corrected chi connectivity index (χ2v) is 10.2. The van der Waals surface area contributed by atoms with Crippen LogP contribution in [0.15, 0.2) is 54.6 Å². The highest BCUT2D eigenvalue weighted by Crippen LogP contribution is 2.30. The Kier molecular flexibility index (Phi) is 7.91. The molecule has 0 aliphatic carbocycles. The first-order chi connectivity index (χ1) is 16.8. The Morgan fingerprint density at radius 1 is 0.914 bits per heavy atom. The number of pyridine rings is 1. The molecule has 0 aliphatic rings. The molecule has 0 atom stereocenters. The molecule has 0 fully saturated rings. The van der Waals surface area contributed by atoms with Crippen molar-refractivity contribution in [2.75, 3.05) is 0 Å². The number of thiophene rings is 1. The quantitative estimate of drug-likeness (QED) is 0.225. The minimum Gasteiger partial charge on any atom is -0.276 e. The molecule has 0 radical (unpaired) electrons. The molecule has 0 spiro atoms. The molecule has 0 saturated heterocycles. The van der Waals surface area contributed by atoms with E-state index in [4.69, 9.17) is 4.98 Å². The standard InChI is InChI=1S/C29H31F2N3S/c1-4-5-6-7-8-23-15-16-24(35-23)14-11-21-17-25(22-12-9-20(2)10-13-22)32-26(18-21)27-19-28(34-33-27)29(3,30)31/h9-19H,4-8H2,1-3H3,(H,33,34)/b14-11+. The maximum atomic E-state index is 13.8. The maximum Gasteiger partial charge on any atom is 0.286 e. The zero-order chi connectivity index (χ0) is 24.8. The Bertz CT molecular complexity index is 1280. The van der Waals surface area contributed by atoms with Gasteiger partial charge in [0.2, 0.25) is 0 Å². The SMILES string of the molecule is CCCCCCc1ccc(/C=C/c2cc(-c3ccc(C)cc3)nc(-c3cc(C(C)(F)F)[nH]n3)c2)s1. The van der Waals surface area contributed by atoms with Crippen LogP contribution >= 0.6 is 11.3 Å². The third-order valence-corrected chi connectivity index (χ3v) is 7.02. The number of rotatable bonds is 10. The molecule has 4 rings (SSSR count). The van der Waals surface area contributed by atoms with Crippen molar-refractivity contribution in [2.24, 2.45) is 0 Å². The summed E-state index contributed by atoms with van der Waals surface area (Å²) in [5.41, 5.74) is 4.57. The summed E-state index contributed by atoms with van der Waals surface area (Å²) in [6.45, 7) is 5.12. The van der Waals surface area contributed by atoms with E-state index in [2.05, 4.69) is 41.4 Å². The highest BCUT2D eigenvalue weighted by Gasteiger charge is 2.27. The fourth-order valence-electron chi connectivity index (χ4n) is 3.85. The average Bonchev–Trinajstić information content (AvgIpc) is 3.51. The normalized spacial score (nSPS) is 12.0. The van der Waals surface area contributed by atoms with Gasteiger partial charge in [0.15, 0.2) is 0 Å². The Morgan fingerprint density at radius 2 is 1.69 bits per heavy atom. The van der Waals surface area contributed by atoms with Gasteiger partial charge >= 0.3 is 0 Å². The molecule has 1 N–H and O–H groups in total. The maximum absolute atomic E-state index is 13.8. The van der Waals surface area contributed by atoms with E-state index >= 15 is 0 Å². The van der Waals surface area contributed by atoms with Crippen molar-refractivity contribution in [2.45, 2.75) is 58.8 Å². The van der Waals surface area contributed by atoms with Crippen LogP contribution in [0.3, 0.4) is 0 Å². The van der Waals surface area contributed by atoms with Gasteiger partial charge in [0, 0.05) is 22.2 Å². The number of halogens is 2. The van der Waals surface area contributed by atoms with Gasteiger partial charge in [-0.25, -0.2) is 4.98 Å². The number of nitrogens with one attached hydrogen (secondary N) is 1. The molecule has 3 aromatic heterocycles. The molecule has 6 heteroatoms. The van der Waals surface area contributed by atoms with Crippen LogP contribution in [0.4, 0.5) is 8.78 Å². The number of H-pyrrole nitrogens is 1. The van der Waals surface area contributed by atoms with Gasteiger partial charge in [0.1, 0.15) is 11.4 Å².